The minimum atomic E-state index is -0.629. The highest BCUT2D eigenvalue weighted by molar-refractivity contribution is 6.07. The van der Waals surface area contributed by atoms with Crippen LogP contribution >= 0.6 is 0 Å². The fourth-order valence-electron chi connectivity index (χ4n) is 1.84. The van der Waals surface area contributed by atoms with Gasteiger partial charge in [0.25, 0.3) is 5.91 Å². The lowest BCUT2D eigenvalue weighted by molar-refractivity contribution is -0.121. The van der Waals surface area contributed by atoms with Crippen LogP contribution < -0.4 is 10.2 Å². The molecule has 1 aliphatic rings. The molecular weight excluding hydrogens is 192 g/mol. The van der Waals surface area contributed by atoms with E-state index in [-0.39, 0.29) is 11.7 Å². The van der Waals surface area contributed by atoms with Crippen molar-refractivity contribution in [3.63, 3.8) is 0 Å². The lowest BCUT2D eigenvalue weighted by Gasteiger charge is -2.38. The monoisotopic (exact) mass is 206 g/mol. The molecule has 4 heteroatoms. The van der Waals surface area contributed by atoms with E-state index >= 15 is 0 Å². The molecule has 0 unspecified atom stereocenters. The summed E-state index contributed by atoms with van der Waals surface area (Å²) in [6.45, 7) is 3.64. The smallest absolute Gasteiger partial charge is 0.251 e. The molecule has 15 heavy (non-hydrogen) atoms. The van der Waals surface area contributed by atoms with Crippen LogP contribution in [-0.4, -0.2) is 23.6 Å². The summed E-state index contributed by atoms with van der Waals surface area (Å²) in [4.78, 5) is 13.5. The molecule has 1 aromatic carbocycles. The van der Waals surface area contributed by atoms with Gasteiger partial charge in [0, 0.05) is 13.1 Å². The maximum Gasteiger partial charge on any atom is 0.251 e. The second kappa shape index (κ2) is 2.89. The minimum Gasteiger partial charge on any atom is -0.508 e. The van der Waals surface area contributed by atoms with Gasteiger partial charge in [0.1, 0.15) is 11.3 Å². The van der Waals surface area contributed by atoms with Crippen molar-refractivity contribution < 1.29 is 9.90 Å². The van der Waals surface area contributed by atoms with E-state index < -0.39 is 5.54 Å². The second-order valence-electron chi connectivity index (χ2n) is 4.32. The first kappa shape index (κ1) is 9.83. The van der Waals surface area contributed by atoms with Gasteiger partial charge in [0.15, 0.2) is 0 Å². The number of fused-ring (bicyclic) bond motifs is 1. The SMILES string of the molecule is CN1C(=O)C(C)(C)Nc2cc(O)ccc21. The largest absolute Gasteiger partial charge is 0.508 e. The molecule has 0 aliphatic carbocycles. The van der Waals surface area contributed by atoms with Gasteiger partial charge < -0.3 is 15.3 Å². The van der Waals surface area contributed by atoms with Crippen LogP contribution in [0.3, 0.4) is 0 Å². The summed E-state index contributed by atoms with van der Waals surface area (Å²) in [7, 11) is 1.74. The molecule has 0 spiro atoms. The molecule has 0 aromatic heterocycles. The van der Waals surface area contributed by atoms with E-state index in [0.29, 0.717) is 0 Å². The molecule has 2 rings (SSSR count). The third-order valence-electron chi connectivity index (χ3n) is 2.63. The standard InChI is InChI=1S/C11H14N2O2/c1-11(2)10(15)13(3)9-5-4-7(14)6-8(9)12-11/h4-6,12,14H,1-3H3. The van der Waals surface area contributed by atoms with Crippen LogP contribution in [0.5, 0.6) is 5.75 Å². The molecule has 1 aliphatic heterocycles. The number of carbonyl (C=O) groups is 1. The van der Waals surface area contributed by atoms with Crippen molar-refractivity contribution in [1.82, 2.24) is 0 Å². The molecular formula is C11H14N2O2. The Hall–Kier alpha value is -1.71. The average molecular weight is 206 g/mol. The first-order valence-electron chi connectivity index (χ1n) is 4.81. The molecule has 1 amide bonds. The highest BCUT2D eigenvalue weighted by Crippen LogP contribution is 2.36. The van der Waals surface area contributed by atoms with E-state index in [9.17, 15) is 9.90 Å². The molecule has 80 valence electrons. The Morgan fingerprint density at radius 2 is 2.07 bits per heavy atom. The number of carbonyl (C=O) groups excluding carboxylic acids is 1. The predicted molar refractivity (Wildman–Crippen MR) is 59.2 cm³/mol. The Balaban J connectivity index is 2.55. The fourth-order valence-corrected chi connectivity index (χ4v) is 1.84. The number of benzene rings is 1. The van der Waals surface area contributed by atoms with Crippen molar-refractivity contribution in [2.75, 3.05) is 17.3 Å². The van der Waals surface area contributed by atoms with E-state index in [0.717, 1.165) is 11.4 Å². The van der Waals surface area contributed by atoms with Gasteiger partial charge >= 0.3 is 0 Å². The zero-order valence-corrected chi connectivity index (χ0v) is 9.03. The number of aromatic hydroxyl groups is 1. The number of likely N-dealkylation sites (N-methyl/N-ethyl adjacent to an activating group) is 1. The molecule has 1 heterocycles. The molecule has 4 nitrogen and oxygen atoms in total. The Morgan fingerprint density at radius 1 is 1.40 bits per heavy atom. The highest BCUT2D eigenvalue weighted by atomic mass is 16.3. The van der Waals surface area contributed by atoms with Crippen molar-refractivity contribution in [1.29, 1.82) is 0 Å². The van der Waals surface area contributed by atoms with Crippen molar-refractivity contribution in [2.45, 2.75) is 19.4 Å². The summed E-state index contributed by atoms with van der Waals surface area (Å²) in [5.41, 5.74) is 0.939. The van der Waals surface area contributed by atoms with E-state index in [1.165, 1.54) is 0 Å². The average Bonchev–Trinajstić information content (AvgIpc) is 2.13. The number of phenols is 1. The normalized spacial score (nSPS) is 18.3. The summed E-state index contributed by atoms with van der Waals surface area (Å²) >= 11 is 0. The van der Waals surface area contributed by atoms with Gasteiger partial charge in [-0.1, -0.05) is 0 Å². The summed E-state index contributed by atoms with van der Waals surface area (Å²) in [6, 6.07) is 4.92. The van der Waals surface area contributed by atoms with Crippen LogP contribution in [0, 0.1) is 0 Å². The Labute approximate surface area is 88.5 Å². The van der Waals surface area contributed by atoms with Gasteiger partial charge in [-0.3, -0.25) is 4.79 Å². The van der Waals surface area contributed by atoms with E-state index in [1.807, 2.05) is 13.8 Å². The van der Waals surface area contributed by atoms with Gasteiger partial charge in [0.2, 0.25) is 0 Å². The zero-order valence-electron chi connectivity index (χ0n) is 9.03. The molecule has 0 saturated carbocycles. The summed E-state index contributed by atoms with van der Waals surface area (Å²) < 4.78 is 0. The van der Waals surface area contributed by atoms with Crippen molar-refractivity contribution >= 4 is 17.3 Å². The van der Waals surface area contributed by atoms with Crippen LogP contribution in [0.4, 0.5) is 11.4 Å². The first-order valence-corrected chi connectivity index (χ1v) is 4.81. The van der Waals surface area contributed by atoms with E-state index in [2.05, 4.69) is 5.32 Å². The molecule has 0 bridgehead atoms. The topological polar surface area (TPSA) is 52.6 Å². The maximum absolute atomic E-state index is 11.9. The highest BCUT2D eigenvalue weighted by Gasteiger charge is 2.36. The number of rotatable bonds is 0. The lowest BCUT2D eigenvalue weighted by atomic mass is 9.98. The quantitative estimate of drug-likeness (QED) is 0.677. The van der Waals surface area contributed by atoms with Crippen LogP contribution in [0.25, 0.3) is 0 Å². The number of hydrogen-bond donors (Lipinski definition) is 2. The molecule has 0 atom stereocenters. The number of hydrogen-bond acceptors (Lipinski definition) is 3. The van der Waals surface area contributed by atoms with Crippen LogP contribution in [0.2, 0.25) is 0 Å². The Morgan fingerprint density at radius 3 is 2.73 bits per heavy atom. The molecule has 0 radical (unpaired) electrons. The number of phenolic OH excluding ortho intramolecular Hbond substituents is 1. The van der Waals surface area contributed by atoms with Crippen LogP contribution in [-0.2, 0) is 4.79 Å². The summed E-state index contributed by atoms with van der Waals surface area (Å²) in [5, 5.41) is 12.5. The van der Waals surface area contributed by atoms with Crippen molar-refractivity contribution in [2.24, 2.45) is 0 Å². The number of nitrogens with zero attached hydrogens (tertiary/aromatic N) is 1. The van der Waals surface area contributed by atoms with Gasteiger partial charge in [-0.25, -0.2) is 0 Å². The molecule has 1 aromatic rings. The molecule has 0 fully saturated rings. The van der Waals surface area contributed by atoms with E-state index in [1.54, 1.807) is 30.1 Å². The maximum atomic E-state index is 11.9. The molecule has 2 N–H and O–H groups in total. The Bertz CT molecular complexity index is 427. The number of nitrogens with one attached hydrogen (secondary N) is 1. The van der Waals surface area contributed by atoms with Crippen LogP contribution in [0.1, 0.15) is 13.8 Å². The van der Waals surface area contributed by atoms with Gasteiger partial charge in [-0.05, 0) is 26.0 Å². The fraction of sp³-hybridized carbons (Fsp3) is 0.364. The summed E-state index contributed by atoms with van der Waals surface area (Å²) in [5.74, 6) is 0.209. The second-order valence-corrected chi connectivity index (χ2v) is 4.32. The third-order valence-corrected chi connectivity index (χ3v) is 2.63. The number of anilines is 2. The first-order chi connectivity index (χ1) is 6.92. The van der Waals surface area contributed by atoms with Crippen LogP contribution in [0.15, 0.2) is 18.2 Å². The van der Waals surface area contributed by atoms with Crippen molar-refractivity contribution in [3.05, 3.63) is 18.2 Å². The third kappa shape index (κ3) is 1.42. The van der Waals surface area contributed by atoms with Gasteiger partial charge in [0.05, 0.1) is 11.4 Å². The Kier molecular flexibility index (Phi) is 1.89. The number of amides is 1. The van der Waals surface area contributed by atoms with Crippen molar-refractivity contribution in [3.8, 4) is 5.75 Å². The molecule has 0 saturated heterocycles. The lowest BCUT2D eigenvalue weighted by Crippen LogP contribution is -2.52. The predicted octanol–water partition coefficient (Wildman–Crippen LogP) is 1.56. The van der Waals surface area contributed by atoms with Gasteiger partial charge in [-0.2, -0.15) is 0 Å². The zero-order chi connectivity index (χ0) is 11.2. The summed E-state index contributed by atoms with van der Waals surface area (Å²) in [6.07, 6.45) is 0. The minimum absolute atomic E-state index is 0.0145. The van der Waals surface area contributed by atoms with E-state index in [4.69, 9.17) is 0 Å². The van der Waals surface area contributed by atoms with Gasteiger partial charge in [-0.15, -0.1) is 0 Å².